The Morgan fingerprint density at radius 2 is 2.17 bits per heavy atom. The van der Waals surface area contributed by atoms with Crippen molar-refractivity contribution in [3.05, 3.63) is 51.7 Å². The van der Waals surface area contributed by atoms with E-state index in [2.05, 4.69) is 23.2 Å². The van der Waals surface area contributed by atoms with Crippen molar-refractivity contribution in [3.8, 4) is 6.07 Å². The fraction of sp³-hybridized carbons (Fsp3) is 0.294. The average molecular weight is 329 g/mol. The van der Waals surface area contributed by atoms with Gasteiger partial charge in [0.05, 0.1) is 5.56 Å². The van der Waals surface area contributed by atoms with Gasteiger partial charge in [0.25, 0.3) is 5.91 Å². The van der Waals surface area contributed by atoms with E-state index in [1.807, 2.05) is 0 Å². The van der Waals surface area contributed by atoms with E-state index in [9.17, 15) is 14.4 Å². The van der Waals surface area contributed by atoms with Gasteiger partial charge < -0.3 is 5.32 Å². The van der Waals surface area contributed by atoms with Crippen LogP contribution in [0.1, 0.15) is 33.3 Å². The van der Waals surface area contributed by atoms with Crippen LogP contribution in [0.4, 0.5) is 9.39 Å². The van der Waals surface area contributed by atoms with E-state index in [4.69, 9.17) is 0 Å². The predicted octanol–water partition coefficient (Wildman–Crippen LogP) is 3.39. The Morgan fingerprint density at radius 1 is 1.43 bits per heavy atom. The van der Waals surface area contributed by atoms with E-state index in [1.54, 1.807) is 0 Å². The summed E-state index contributed by atoms with van der Waals surface area (Å²) in [6.45, 7) is 4.83. The molecule has 0 radical (unpaired) electrons. The molecule has 3 rings (SSSR count). The zero-order chi connectivity index (χ0) is 16.4. The summed E-state index contributed by atoms with van der Waals surface area (Å²) in [6.07, 6.45) is 0.828. The van der Waals surface area contributed by atoms with Crippen LogP contribution in [0.15, 0.2) is 24.3 Å². The van der Waals surface area contributed by atoms with Crippen molar-refractivity contribution in [1.82, 2.24) is 4.90 Å². The Labute approximate surface area is 138 Å². The first kappa shape index (κ1) is 15.7. The quantitative estimate of drug-likeness (QED) is 0.939. The lowest BCUT2D eigenvalue weighted by molar-refractivity contribution is 0.102. The number of rotatable bonds is 3. The number of benzene rings is 1. The van der Waals surface area contributed by atoms with E-state index in [1.165, 1.54) is 35.6 Å². The first-order chi connectivity index (χ1) is 11.1. The summed E-state index contributed by atoms with van der Waals surface area (Å²) in [7, 11) is 0. The lowest BCUT2D eigenvalue weighted by Crippen LogP contribution is -2.29. The molecular formula is C17H16FN3OS. The number of hydrogen-bond acceptors (Lipinski definition) is 4. The Hall–Kier alpha value is -2.23. The van der Waals surface area contributed by atoms with Gasteiger partial charge in [-0.15, -0.1) is 11.3 Å². The molecule has 1 aliphatic rings. The topological polar surface area (TPSA) is 56.1 Å². The maximum Gasteiger partial charge on any atom is 0.256 e. The molecule has 1 amide bonds. The second-order valence-electron chi connectivity index (χ2n) is 5.40. The molecule has 6 heteroatoms. The number of hydrogen-bond donors (Lipinski definition) is 1. The largest absolute Gasteiger partial charge is 0.312 e. The number of likely N-dealkylation sites (N-methyl/N-ethyl adjacent to an activating group) is 1. The van der Waals surface area contributed by atoms with E-state index in [-0.39, 0.29) is 11.7 Å². The van der Waals surface area contributed by atoms with Gasteiger partial charge in [0.15, 0.2) is 0 Å². The molecule has 1 aromatic heterocycles. The van der Waals surface area contributed by atoms with E-state index in [0.717, 1.165) is 36.5 Å². The van der Waals surface area contributed by atoms with Crippen LogP contribution in [-0.4, -0.2) is 23.9 Å². The summed E-state index contributed by atoms with van der Waals surface area (Å²) in [6, 6.07) is 7.58. The van der Waals surface area contributed by atoms with Crippen LogP contribution in [0.2, 0.25) is 0 Å². The number of nitrogens with one attached hydrogen (secondary N) is 1. The molecule has 23 heavy (non-hydrogen) atoms. The summed E-state index contributed by atoms with van der Waals surface area (Å²) in [5, 5.41) is 12.8. The highest BCUT2D eigenvalue weighted by Crippen LogP contribution is 2.36. The van der Waals surface area contributed by atoms with Crippen LogP contribution in [-0.2, 0) is 13.0 Å². The lowest BCUT2D eigenvalue weighted by Gasteiger charge is -2.24. The molecule has 0 fully saturated rings. The van der Waals surface area contributed by atoms with Crippen molar-refractivity contribution in [3.63, 3.8) is 0 Å². The van der Waals surface area contributed by atoms with Crippen molar-refractivity contribution < 1.29 is 9.18 Å². The maximum absolute atomic E-state index is 12.9. The highest BCUT2D eigenvalue weighted by molar-refractivity contribution is 7.16. The molecule has 0 aliphatic carbocycles. The number of halogens is 1. The number of thiophene rings is 1. The van der Waals surface area contributed by atoms with Crippen LogP contribution in [0, 0.1) is 17.1 Å². The first-order valence-corrected chi connectivity index (χ1v) is 8.28. The van der Waals surface area contributed by atoms with E-state index < -0.39 is 0 Å². The van der Waals surface area contributed by atoms with Gasteiger partial charge in [-0.3, -0.25) is 9.69 Å². The average Bonchev–Trinajstić information content (AvgIpc) is 2.91. The molecule has 0 bridgehead atoms. The number of nitrogens with zero attached hydrogens (tertiary/aromatic N) is 2. The molecular weight excluding hydrogens is 313 g/mol. The highest BCUT2D eigenvalue weighted by atomic mass is 32.1. The van der Waals surface area contributed by atoms with E-state index in [0.29, 0.717) is 16.1 Å². The molecule has 1 aromatic carbocycles. The Balaban J connectivity index is 1.86. The fourth-order valence-corrected chi connectivity index (χ4v) is 3.94. The van der Waals surface area contributed by atoms with Crippen molar-refractivity contribution >= 4 is 22.2 Å². The highest BCUT2D eigenvalue weighted by Gasteiger charge is 2.24. The van der Waals surface area contributed by atoms with Gasteiger partial charge in [0, 0.05) is 23.5 Å². The minimum atomic E-state index is -0.384. The van der Waals surface area contributed by atoms with Gasteiger partial charge in [-0.2, -0.15) is 5.26 Å². The monoisotopic (exact) mass is 329 g/mol. The summed E-state index contributed by atoms with van der Waals surface area (Å²) in [5.74, 6) is -0.710. The molecule has 118 valence electrons. The van der Waals surface area contributed by atoms with Gasteiger partial charge >= 0.3 is 0 Å². The normalized spacial score (nSPS) is 14.1. The van der Waals surface area contributed by atoms with Gasteiger partial charge in [-0.05, 0) is 42.8 Å². The summed E-state index contributed by atoms with van der Waals surface area (Å²) in [4.78, 5) is 15.7. The van der Waals surface area contributed by atoms with Crippen LogP contribution >= 0.6 is 11.3 Å². The van der Waals surface area contributed by atoms with Crippen molar-refractivity contribution in [1.29, 1.82) is 5.26 Å². The predicted molar refractivity (Wildman–Crippen MR) is 88.0 cm³/mol. The smallest absolute Gasteiger partial charge is 0.256 e. The number of carbonyl (C=O) groups is 1. The van der Waals surface area contributed by atoms with E-state index >= 15 is 0 Å². The Bertz CT molecular complexity index is 776. The number of amides is 1. The SMILES string of the molecule is CCN1CCc2c(sc(NC(=O)c3ccc(F)cc3)c2C#N)C1. The molecule has 2 heterocycles. The zero-order valence-corrected chi connectivity index (χ0v) is 13.5. The number of nitriles is 1. The Morgan fingerprint density at radius 3 is 2.83 bits per heavy atom. The number of carbonyl (C=O) groups excluding carboxylic acids is 1. The maximum atomic E-state index is 12.9. The van der Waals surface area contributed by atoms with Gasteiger partial charge in [-0.25, -0.2) is 4.39 Å². The van der Waals surface area contributed by atoms with Crippen molar-refractivity contribution in [2.75, 3.05) is 18.4 Å². The molecule has 0 saturated carbocycles. The molecule has 1 N–H and O–H groups in total. The number of fused-ring (bicyclic) bond motifs is 1. The first-order valence-electron chi connectivity index (χ1n) is 7.46. The van der Waals surface area contributed by atoms with Crippen LogP contribution in [0.3, 0.4) is 0 Å². The molecule has 0 saturated heterocycles. The molecule has 1 aliphatic heterocycles. The molecule has 4 nitrogen and oxygen atoms in total. The third-order valence-corrected chi connectivity index (χ3v) is 5.16. The van der Waals surface area contributed by atoms with Crippen molar-refractivity contribution in [2.24, 2.45) is 0 Å². The molecule has 0 unspecified atom stereocenters. The summed E-state index contributed by atoms with van der Waals surface area (Å²) < 4.78 is 12.9. The molecule has 2 aromatic rings. The minimum absolute atomic E-state index is 0.326. The zero-order valence-electron chi connectivity index (χ0n) is 12.7. The second kappa shape index (κ2) is 6.49. The van der Waals surface area contributed by atoms with Gasteiger partial charge in [0.1, 0.15) is 16.9 Å². The standard InChI is InChI=1S/C17H16FN3OS/c1-2-21-8-7-13-14(9-19)17(23-15(13)10-21)20-16(22)11-3-5-12(18)6-4-11/h3-6H,2,7-8,10H2,1H3,(H,20,22). The summed E-state index contributed by atoms with van der Waals surface area (Å²) >= 11 is 1.46. The van der Waals surface area contributed by atoms with Crippen LogP contribution < -0.4 is 5.32 Å². The van der Waals surface area contributed by atoms with Crippen molar-refractivity contribution in [2.45, 2.75) is 19.9 Å². The summed E-state index contributed by atoms with van der Waals surface area (Å²) in [5.41, 5.74) is 1.99. The fourth-order valence-electron chi connectivity index (χ4n) is 2.71. The van der Waals surface area contributed by atoms with Gasteiger partial charge in [0.2, 0.25) is 0 Å². The molecule has 0 atom stereocenters. The van der Waals surface area contributed by atoms with Crippen LogP contribution in [0.25, 0.3) is 0 Å². The molecule has 0 spiro atoms. The lowest BCUT2D eigenvalue weighted by atomic mass is 10.0. The van der Waals surface area contributed by atoms with Crippen LogP contribution in [0.5, 0.6) is 0 Å². The third-order valence-electron chi connectivity index (χ3n) is 4.03. The second-order valence-corrected chi connectivity index (χ2v) is 6.50. The third kappa shape index (κ3) is 3.11. The van der Waals surface area contributed by atoms with Gasteiger partial charge in [-0.1, -0.05) is 6.92 Å². The minimum Gasteiger partial charge on any atom is -0.312 e. The Kier molecular flexibility index (Phi) is 4.42. The number of anilines is 1.